The molecule has 1 saturated heterocycles. The highest BCUT2D eigenvalue weighted by molar-refractivity contribution is 5.88. The van der Waals surface area contributed by atoms with Gasteiger partial charge < -0.3 is 4.90 Å². The van der Waals surface area contributed by atoms with Crippen LogP contribution in [0.3, 0.4) is 0 Å². The summed E-state index contributed by atoms with van der Waals surface area (Å²) in [6, 6.07) is 10.6. The van der Waals surface area contributed by atoms with Crippen molar-refractivity contribution in [3.8, 4) is 0 Å². The van der Waals surface area contributed by atoms with Crippen LogP contribution in [0.15, 0.2) is 41.0 Å². The van der Waals surface area contributed by atoms with Crippen molar-refractivity contribution in [2.24, 2.45) is 4.99 Å². The summed E-state index contributed by atoms with van der Waals surface area (Å²) in [6.07, 6.45) is 5.76. The molecule has 2 aliphatic rings. The number of hydrogen-bond acceptors (Lipinski definition) is 2. The first kappa shape index (κ1) is 9.64. The van der Waals surface area contributed by atoms with Gasteiger partial charge in [0, 0.05) is 25.2 Å². The van der Waals surface area contributed by atoms with Gasteiger partial charge in [0.15, 0.2) is 0 Å². The summed E-state index contributed by atoms with van der Waals surface area (Å²) in [6.45, 7) is 2.17. The first-order chi connectivity index (χ1) is 7.93. The Morgan fingerprint density at radius 1 is 1.12 bits per heavy atom. The van der Waals surface area contributed by atoms with Gasteiger partial charge in [0.25, 0.3) is 0 Å². The Labute approximate surface area is 96.3 Å². The van der Waals surface area contributed by atoms with Gasteiger partial charge >= 0.3 is 0 Å². The molecular formula is C14H16N2. The second-order valence-corrected chi connectivity index (χ2v) is 4.35. The lowest BCUT2D eigenvalue weighted by molar-refractivity contribution is 0.491. The Morgan fingerprint density at radius 2 is 2.00 bits per heavy atom. The molecule has 0 spiro atoms. The summed E-state index contributed by atoms with van der Waals surface area (Å²) in [5.74, 6) is 1.30. The van der Waals surface area contributed by atoms with Crippen molar-refractivity contribution in [1.29, 1.82) is 0 Å². The fourth-order valence-corrected chi connectivity index (χ4v) is 2.44. The van der Waals surface area contributed by atoms with Gasteiger partial charge in [-0.05, 0) is 24.5 Å². The highest BCUT2D eigenvalue weighted by Gasteiger charge is 2.25. The van der Waals surface area contributed by atoms with E-state index in [4.69, 9.17) is 0 Å². The topological polar surface area (TPSA) is 15.6 Å². The zero-order valence-electron chi connectivity index (χ0n) is 9.39. The van der Waals surface area contributed by atoms with Crippen LogP contribution in [-0.4, -0.2) is 23.8 Å². The number of hydrogen-bond donors (Lipinski definition) is 0. The lowest BCUT2D eigenvalue weighted by Gasteiger charge is -2.24. The fraction of sp³-hybridized carbons (Fsp3) is 0.357. The lowest BCUT2D eigenvalue weighted by Crippen LogP contribution is -2.29. The van der Waals surface area contributed by atoms with Crippen molar-refractivity contribution in [2.45, 2.75) is 19.3 Å². The molecular weight excluding hydrogens is 196 g/mol. The van der Waals surface area contributed by atoms with Crippen LogP contribution in [-0.2, 0) is 0 Å². The SMILES string of the molecule is C(=C1CCC2=NCCCN12)c1ccccc1. The highest BCUT2D eigenvalue weighted by Crippen LogP contribution is 2.27. The summed E-state index contributed by atoms with van der Waals surface area (Å²) in [5, 5.41) is 0. The number of fused-ring (bicyclic) bond motifs is 1. The molecule has 0 saturated carbocycles. The second-order valence-electron chi connectivity index (χ2n) is 4.35. The average Bonchev–Trinajstić information content (AvgIpc) is 2.74. The molecule has 0 amide bonds. The quantitative estimate of drug-likeness (QED) is 0.699. The summed E-state index contributed by atoms with van der Waals surface area (Å²) in [5.41, 5.74) is 2.73. The zero-order chi connectivity index (χ0) is 10.8. The third-order valence-electron chi connectivity index (χ3n) is 3.23. The van der Waals surface area contributed by atoms with E-state index in [2.05, 4.69) is 46.3 Å². The minimum Gasteiger partial charge on any atom is -0.334 e. The van der Waals surface area contributed by atoms with Crippen LogP contribution < -0.4 is 0 Å². The van der Waals surface area contributed by atoms with Gasteiger partial charge in [0.1, 0.15) is 5.84 Å². The molecule has 0 N–H and O–H groups in total. The van der Waals surface area contributed by atoms with Crippen molar-refractivity contribution in [3.63, 3.8) is 0 Å². The highest BCUT2D eigenvalue weighted by atomic mass is 15.2. The molecule has 16 heavy (non-hydrogen) atoms. The average molecular weight is 212 g/mol. The van der Waals surface area contributed by atoms with Crippen molar-refractivity contribution >= 4 is 11.9 Å². The maximum atomic E-state index is 4.59. The molecule has 2 aliphatic heterocycles. The van der Waals surface area contributed by atoms with Gasteiger partial charge in [0.2, 0.25) is 0 Å². The standard InChI is InChI=1S/C14H16N2/c1-2-5-12(6-3-1)11-13-7-8-14-15-9-4-10-16(13)14/h1-3,5-6,11H,4,7-10H2. The van der Waals surface area contributed by atoms with E-state index in [1.165, 1.54) is 23.5 Å². The third kappa shape index (κ3) is 1.75. The first-order valence-electron chi connectivity index (χ1n) is 6.00. The summed E-state index contributed by atoms with van der Waals surface area (Å²) < 4.78 is 0. The smallest absolute Gasteiger partial charge is 0.103 e. The largest absolute Gasteiger partial charge is 0.334 e. The number of aliphatic imine (C=N–C) groups is 1. The zero-order valence-corrected chi connectivity index (χ0v) is 9.39. The van der Waals surface area contributed by atoms with Gasteiger partial charge in [-0.15, -0.1) is 0 Å². The monoisotopic (exact) mass is 212 g/mol. The normalized spacial score (nSPS) is 22.1. The van der Waals surface area contributed by atoms with E-state index in [1.807, 2.05) is 0 Å². The Bertz CT molecular complexity index is 431. The Morgan fingerprint density at radius 3 is 2.88 bits per heavy atom. The van der Waals surface area contributed by atoms with Crippen LogP contribution in [0.1, 0.15) is 24.8 Å². The summed E-state index contributed by atoms with van der Waals surface area (Å²) >= 11 is 0. The molecule has 0 bridgehead atoms. The molecule has 0 aromatic heterocycles. The first-order valence-corrected chi connectivity index (χ1v) is 6.00. The van der Waals surface area contributed by atoms with E-state index in [1.54, 1.807) is 0 Å². The van der Waals surface area contributed by atoms with Crippen molar-refractivity contribution in [2.75, 3.05) is 13.1 Å². The van der Waals surface area contributed by atoms with E-state index in [-0.39, 0.29) is 0 Å². The minimum absolute atomic E-state index is 1.02. The molecule has 3 rings (SSSR count). The molecule has 2 heterocycles. The van der Waals surface area contributed by atoms with E-state index in [0.29, 0.717) is 0 Å². The number of nitrogens with zero attached hydrogens (tertiary/aromatic N) is 2. The third-order valence-corrected chi connectivity index (χ3v) is 3.23. The predicted octanol–water partition coefficient (Wildman–Crippen LogP) is 2.93. The maximum Gasteiger partial charge on any atom is 0.103 e. The summed E-state index contributed by atoms with van der Waals surface area (Å²) in [4.78, 5) is 6.98. The van der Waals surface area contributed by atoms with Crippen molar-refractivity contribution < 1.29 is 0 Å². The van der Waals surface area contributed by atoms with Gasteiger partial charge in [-0.2, -0.15) is 0 Å². The molecule has 0 unspecified atom stereocenters. The Kier molecular flexibility index (Phi) is 2.49. The molecule has 1 aromatic rings. The van der Waals surface area contributed by atoms with E-state index in [9.17, 15) is 0 Å². The van der Waals surface area contributed by atoms with Crippen LogP contribution in [0.4, 0.5) is 0 Å². The Balaban J connectivity index is 1.89. The van der Waals surface area contributed by atoms with E-state index >= 15 is 0 Å². The molecule has 0 aliphatic carbocycles. The molecule has 0 atom stereocenters. The number of amidine groups is 1. The minimum atomic E-state index is 1.02. The molecule has 0 radical (unpaired) electrons. The fourth-order valence-electron chi connectivity index (χ4n) is 2.44. The van der Waals surface area contributed by atoms with E-state index in [0.717, 1.165) is 25.9 Å². The molecule has 2 heteroatoms. The van der Waals surface area contributed by atoms with Gasteiger partial charge in [-0.25, -0.2) is 0 Å². The lowest BCUT2D eigenvalue weighted by atomic mass is 10.1. The van der Waals surface area contributed by atoms with Crippen LogP contribution >= 0.6 is 0 Å². The van der Waals surface area contributed by atoms with Crippen molar-refractivity contribution in [3.05, 3.63) is 41.6 Å². The van der Waals surface area contributed by atoms with Gasteiger partial charge in [-0.1, -0.05) is 30.3 Å². The molecule has 82 valence electrons. The molecule has 1 fully saturated rings. The van der Waals surface area contributed by atoms with Gasteiger partial charge in [-0.3, -0.25) is 4.99 Å². The molecule has 2 nitrogen and oxygen atoms in total. The van der Waals surface area contributed by atoms with E-state index < -0.39 is 0 Å². The predicted molar refractivity (Wildman–Crippen MR) is 67.3 cm³/mol. The van der Waals surface area contributed by atoms with Crippen LogP contribution in [0.25, 0.3) is 6.08 Å². The van der Waals surface area contributed by atoms with Crippen molar-refractivity contribution in [1.82, 2.24) is 4.90 Å². The second kappa shape index (κ2) is 4.12. The maximum absolute atomic E-state index is 4.59. The summed E-state index contributed by atoms with van der Waals surface area (Å²) in [7, 11) is 0. The van der Waals surface area contributed by atoms with Gasteiger partial charge in [0.05, 0.1) is 0 Å². The van der Waals surface area contributed by atoms with Crippen LogP contribution in [0, 0.1) is 0 Å². The molecule has 1 aromatic carbocycles. The van der Waals surface area contributed by atoms with Crippen LogP contribution in [0.5, 0.6) is 0 Å². The number of allylic oxidation sites excluding steroid dienone is 1. The Hall–Kier alpha value is -1.57. The van der Waals surface area contributed by atoms with Crippen LogP contribution in [0.2, 0.25) is 0 Å². The number of rotatable bonds is 1. The number of benzene rings is 1.